The molecule has 0 atom stereocenters. The molecular weight excluding hydrogens is 232 g/mol. The maximum absolute atomic E-state index is 6.00. The van der Waals surface area contributed by atoms with Gasteiger partial charge in [-0.05, 0) is 42.3 Å². The molecule has 2 aromatic heterocycles. The number of pyridine rings is 1. The lowest BCUT2D eigenvalue weighted by Crippen LogP contribution is -1.85. The molecule has 84 valence electrons. The van der Waals surface area contributed by atoms with Crippen LogP contribution in [0.15, 0.2) is 48.8 Å². The predicted octanol–water partition coefficient (Wildman–Crippen LogP) is 3.96. The Morgan fingerprint density at radius 2 is 1.94 bits per heavy atom. The van der Waals surface area contributed by atoms with Crippen molar-refractivity contribution in [1.82, 2.24) is 9.38 Å². The summed E-state index contributed by atoms with van der Waals surface area (Å²) in [5.74, 6) is 0. The van der Waals surface area contributed by atoms with Gasteiger partial charge in [-0.25, -0.2) is 4.98 Å². The molecule has 17 heavy (non-hydrogen) atoms. The number of hydrogen-bond donors (Lipinski definition) is 0. The van der Waals surface area contributed by atoms with Gasteiger partial charge in [-0.15, -0.1) is 0 Å². The lowest BCUT2D eigenvalue weighted by atomic mass is 10.1. The molecule has 3 rings (SSSR count). The number of imidazole rings is 1. The van der Waals surface area contributed by atoms with E-state index >= 15 is 0 Å². The Morgan fingerprint density at radius 1 is 1.06 bits per heavy atom. The molecule has 0 aliphatic carbocycles. The van der Waals surface area contributed by atoms with Crippen molar-refractivity contribution in [2.24, 2.45) is 0 Å². The van der Waals surface area contributed by atoms with E-state index in [0.717, 1.165) is 27.5 Å². The van der Waals surface area contributed by atoms with Crippen LogP contribution >= 0.6 is 11.6 Å². The highest BCUT2D eigenvalue weighted by Gasteiger charge is 2.02. The zero-order valence-corrected chi connectivity index (χ0v) is 10.1. The van der Waals surface area contributed by atoms with Crippen molar-refractivity contribution in [2.45, 2.75) is 6.92 Å². The fourth-order valence-corrected chi connectivity index (χ4v) is 2.15. The third kappa shape index (κ3) is 1.92. The van der Waals surface area contributed by atoms with Crippen molar-refractivity contribution in [3.8, 4) is 11.1 Å². The summed E-state index contributed by atoms with van der Waals surface area (Å²) in [6, 6.07) is 11.9. The van der Waals surface area contributed by atoms with Gasteiger partial charge in [0.05, 0.1) is 5.69 Å². The van der Waals surface area contributed by atoms with Crippen LogP contribution in [0.3, 0.4) is 0 Å². The van der Waals surface area contributed by atoms with E-state index in [9.17, 15) is 0 Å². The van der Waals surface area contributed by atoms with E-state index < -0.39 is 0 Å². The van der Waals surface area contributed by atoms with Crippen molar-refractivity contribution < 1.29 is 0 Å². The second kappa shape index (κ2) is 3.90. The molecule has 3 heteroatoms. The number of hydrogen-bond acceptors (Lipinski definition) is 1. The molecule has 0 amide bonds. The largest absolute Gasteiger partial charge is 0.306 e. The summed E-state index contributed by atoms with van der Waals surface area (Å²) in [4.78, 5) is 4.40. The van der Waals surface area contributed by atoms with Gasteiger partial charge in [0.1, 0.15) is 5.65 Å². The third-order valence-electron chi connectivity index (χ3n) is 2.73. The lowest BCUT2D eigenvalue weighted by Gasteiger charge is -2.03. The Morgan fingerprint density at radius 3 is 2.76 bits per heavy atom. The summed E-state index contributed by atoms with van der Waals surface area (Å²) >= 11 is 6.00. The summed E-state index contributed by atoms with van der Waals surface area (Å²) < 4.78 is 2.03. The van der Waals surface area contributed by atoms with Crippen LogP contribution in [0.1, 0.15) is 5.69 Å². The SMILES string of the molecule is Cc1cn2cc(-c3cccc(Cl)c3)ccc2n1. The van der Waals surface area contributed by atoms with E-state index in [-0.39, 0.29) is 0 Å². The number of benzene rings is 1. The molecule has 0 saturated carbocycles. The summed E-state index contributed by atoms with van der Waals surface area (Å²) in [5, 5.41) is 0.754. The molecule has 0 radical (unpaired) electrons. The van der Waals surface area contributed by atoms with Gasteiger partial charge in [0, 0.05) is 17.4 Å². The predicted molar refractivity (Wildman–Crippen MR) is 70.4 cm³/mol. The average molecular weight is 243 g/mol. The lowest BCUT2D eigenvalue weighted by molar-refractivity contribution is 1.19. The van der Waals surface area contributed by atoms with Crippen LogP contribution in [0.5, 0.6) is 0 Å². The zero-order valence-electron chi connectivity index (χ0n) is 9.39. The molecular formula is C14H11ClN2. The Kier molecular flexibility index (Phi) is 2.37. The van der Waals surface area contributed by atoms with Gasteiger partial charge in [-0.3, -0.25) is 0 Å². The molecule has 0 unspecified atom stereocenters. The van der Waals surface area contributed by atoms with Crippen LogP contribution in [0.4, 0.5) is 0 Å². The van der Waals surface area contributed by atoms with E-state index in [1.165, 1.54) is 0 Å². The fraction of sp³-hybridized carbons (Fsp3) is 0.0714. The number of aryl methyl sites for hydroxylation is 1. The Bertz CT molecular complexity index is 686. The number of fused-ring (bicyclic) bond motifs is 1. The van der Waals surface area contributed by atoms with Gasteiger partial charge >= 0.3 is 0 Å². The smallest absolute Gasteiger partial charge is 0.136 e. The number of nitrogens with zero attached hydrogens (tertiary/aromatic N) is 2. The van der Waals surface area contributed by atoms with E-state index in [1.807, 2.05) is 41.8 Å². The molecule has 0 aliphatic heterocycles. The van der Waals surface area contributed by atoms with Gasteiger partial charge in [-0.2, -0.15) is 0 Å². The Balaban J connectivity index is 2.17. The van der Waals surface area contributed by atoms with Crippen LogP contribution < -0.4 is 0 Å². The number of aromatic nitrogens is 2. The van der Waals surface area contributed by atoms with Gasteiger partial charge in [0.25, 0.3) is 0 Å². The molecule has 0 saturated heterocycles. The zero-order chi connectivity index (χ0) is 11.8. The average Bonchev–Trinajstić information content (AvgIpc) is 2.68. The van der Waals surface area contributed by atoms with Crippen LogP contribution in [-0.4, -0.2) is 9.38 Å². The van der Waals surface area contributed by atoms with Crippen molar-refractivity contribution in [2.75, 3.05) is 0 Å². The normalized spacial score (nSPS) is 10.9. The second-order valence-corrected chi connectivity index (χ2v) is 4.51. The van der Waals surface area contributed by atoms with Crippen LogP contribution in [0.2, 0.25) is 5.02 Å². The number of halogens is 1. The summed E-state index contributed by atoms with van der Waals surface area (Å²) in [6.07, 6.45) is 4.09. The summed E-state index contributed by atoms with van der Waals surface area (Å²) in [7, 11) is 0. The Labute approximate surface area is 104 Å². The van der Waals surface area contributed by atoms with Gasteiger partial charge in [-0.1, -0.05) is 23.7 Å². The highest BCUT2D eigenvalue weighted by Crippen LogP contribution is 2.23. The highest BCUT2D eigenvalue weighted by atomic mass is 35.5. The van der Waals surface area contributed by atoms with Crippen molar-refractivity contribution in [1.29, 1.82) is 0 Å². The summed E-state index contributed by atoms with van der Waals surface area (Å²) in [5.41, 5.74) is 4.24. The van der Waals surface area contributed by atoms with E-state index in [2.05, 4.69) is 23.3 Å². The molecule has 3 aromatic rings. The molecule has 2 heterocycles. The van der Waals surface area contributed by atoms with Crippen molar-refractivity contribution >= 4 is 17.2 Å². The quantitative estimate of drug-likeness (QED) is 0.631. The van der Waals surface area contributed by atoms with Crippen LogP contribution in [0.25, 0.3) is 16.8 Å². The fourth-order valence-electron chi connectivity index (χ4n) is 1.96. The first-order valence-electron chi connectivity index (χ1n) is 5.44. The first kappa shape index (κ1) is 10.4. The highest BCUT2D eigenvalue weighted by molar-refractivity contribution is 6.30. The molecule has 0 bridgehead atoms. The molecule has 0 aliphatic rings. The molecule has 1 aromatic carbocycles. The molecule has 0 spiro atoms. The molecule has 0 fully saturated rings. The standard InChI is InChI=1S/C14H11ClN2/c1-10-8-17-9-12(5-6-14(17)16-10)11-3-2-4-13(15)7-11/h2-9H,1H3. The number of rotatable bonds is 1. The van der Waals surface area contributed by atoms with Crippen LogP contribution in [-0.2, 0) is 0 Å². The first-order chi connectivity index (χ1) is 8.22. The van der Waals surface area contributed by atoms with Gasteiger partial charge < -0.3 is 4.40 Å². The maximum Gasteiger partial charge on any atom is 0.136 e. The summed E-state index contributed by atoms with van der Waals surface area (Å²) in [6.45, 7) is 1.99. The monoisotopic (exact) mass is 242 g/mol. The second-order valence-electron chi connectivity index (χ2n) is 4.08. The Hall–Kier alpha value is -1.80. The van der Waals surface area contributed by atoms with Crippen molar-refractivity contribution in [3.05, 3.63) is 59.5 Å². The minimum Gasteiger partial charge on any atom is -0.306 e. The van der Waals surface area contributed by atoms with E-state index in [4.69, 9.17) is 11.6 Å². The third-order valence-corrected chi connectivity index (χ3v) is 2.96. The van der Waals surface area contributed by atoms with Gasteiger partial charge in [0.15, 0.2) is 0 Å². The van der Waals surface area contributed by atoms with E-state index in [0.29, 0.717) is 0 Å². The molecule has 2 nitrogen and oxygen atoms in total. The van der Waals surface area contributed by atoms with E-state index in [1.54, 1.807) is 0 Å². The molecule has 0 N–H and O–H groups in total. The maximum atomic E-state index is 6.00. The minimum atomic E-state index is 0.754. The topological polar surface area (TPSA) is 17.3 Å². The van der Waals surface area contributed by atoms with Gasteiger partial charge in [0.2, 0.25) is 0 Å². The first-order valence-corrected chi connectivity index (χ1v) is 5.81. The minimum absolute atomic E-state index is 0.754. The van der Waals surface area contributed by atoms with Crippen molar-refractivity contribution in [3.63, 3.8) is 0 Å². The van der Waals surface area contributed by atoms with Crippen LogP contribution in [0, 0.1) is 6.92 Å².